The van der Waals surface area contributed by atoms with Gasteiger partial charge in [0, 0.05) is 12.0 Å². The largest absolute Gasteiger partial charge is 0.484 e. The van der Waals surface area contributed by atoms with Gasteiger partial charge in [-0.25, -0.2) is 9.37 Å². The first kappa shape index (κ1) is 23.0. The molecule has 1 unspecified atom stereocenters. The molecule has 3 rings (SSSR count). The Hall–Kier alpha value is -2.72. The molecule has 1 heterocycles. The standard InChI is InChI=1S/C24H31FN4O2/c1-16(2)31-22-14-28-23(17-6-3-4-8-21(27)9-5-7-17)29(24(22)30)15-19-12-20(25)11-10-18(19)13-26/h10-12,14,16-17,21H,3-9,15,27H2,1-2H3/t17?,21-/m1/s1. The quantitative estimate of drug-likeness (QED) is 0.772. The van der Waals surface area contributed by atoms with Crippen molar-refractivity contribution in [3.05, 3.63) is 57.5 Å². The first-order valence-electron chi connectivity index (χ1n) is 11.1. The minimum Gasteiger partial charge on any atom is -0.484 e. The van der Waals surface area contributed by atoms with Crippen LogP contribution in [-0.4, -0.2) is 21.7 Å². The first-order valence-corrected chi connectivity index (χ1v) is 11.1. The topological polar surface area (TPSA) is 93.9 Å². The van der Waals surface area contributed by atoms with E-state index in [0.29, 0.717) is 17.0 Å². The van der Waals surface area contributed by atoms with Crippen molar-refractivity contribution >= 4 is 0 Å². The van der Waals surface area contributed by atoms with Gasteiger partial charge in [-0.2, -0.15) is 5.26 Å². The number of aromatic nitrogens is 2. The van der Waals surface area contributed by atoms with E-state index < -0.39 is 5.82 Å². The fourth-order valence-corrected chi connectivity index (χ4v) is 4.24. The van der Waals surface area contributed by atoms with E-state index in [1.807, 2.05) is 13.8 Å². The number of ether oxygens (including phenoxy) is 1. The predicted molar refractivity (Wildman–Crippen MR) is 118 cm³/mol. The van der Waals surface area contributed by atoms with Gasteiger partial charge in [-0.3, -0.25) is 9.36 Å². The summed E-state index contributed by atoms with van der Waals surface area (Å²) in [5.74, 6) is 0.497. The van der Waals surface area contributed by atoms with E-state index in [4.69, 9.17) is 10.5 Å². The third kappa shape index (κ3) is 5.92. The summed E-state index contributed by atoms with van der Waals surface area (Å²) in [6, 6.07) is 6.32. The number of rotatable bonds is 5. The zero-order valence-corrected chi connectivity index (χ0v) is 18.3. The Balaban J connectivity index is 2.04. The zero-order chi connectivity index (χ0) is 22.4. The van der Waals surface area contributed by atoms with Crippen LogP contribution in [0, 0.1) is 17.1 Å². The van der Waals surface area contributed by atoms with Crippen LogP contribution < -0.4 is 16.0 Å². The van der Waals surface area contributed by atoms with Gasteiger partial charge in [-0.15, -0.1) is 0 Å². The van der Waals surface area contributed by atoms with Gasteiger partial charge in [-0.05, 0) is 63.3 Å². The van der Waals surface area contributed by atoms with Gasteiger partial charge >= 0.3 is 0 Å². The molecule has 1 aliphatic rings. The molecule has 0 amide bonds. The highest BCUT2D eigenvalue weighted by Crippen LogP contribution is 2.29. The van der Waals surface area contributed by atoms with Crippen LogP contribution in [0.1, 0.15) is 81.7 Å². The van der Waals surface area contributed by atoms with Crippen molar-refractivity contribution in [2.24, 2.45) is 5.73 Å². The van der Waals surface area contributed by atoms with Crippen LogP contribution in [0.5, 0.6) is 5.75 Å². The van der Waals surface area contributed by atoms with Crippen molar-refractivity contribution in [3.8, 4) is 11.8 Å². The van der Waals surface area contributed by atoms with E-state index in [1.165, 1.54) is 24.4 Å². The van der Waals surface area contributed by atoms with Crippen molar-refractivity contribution in [1.29, 1.82) is 5.26 Å². The van der Waals surface area contributed by atoms with E-state index in [0.717, 1.165) is 44.9 Å². The second kappa shape index (κ2) is 10.5. The molecule has 0 bridgehead atoms. The molecule has 0 saturated heterocycles. The summed E-state index contributed by atoms with van der Waals surface area (Å²) in [5.41, 5.74) is 6.67. The third-order valence-corrected chi connectivity index (χ3v) is 5.80. The highest BCUT2D eigenvalue weighted by atomic mass is 19.1. The maximum absolute atomic E-state index is 13.9. The van der Waals surface area contributed by atoms with Crippen LogP contribution in [0.4, 0.5) is 4.39 Å². The Labute approximate surface area is 182 Å². The predicted octanol–water partition coefficient (Wildman–Crippen LogP) is 4.24. The summed E-state index contributed by atoms with van der Waals surface area (Å²) in [6.07, 6.45) is 8.14. The second-order valence-corrected chi connectivity index (χ2v) is 8.62. The fourth-order valence-electron chi connectivity index (χ4n) is 4.24. The van der Waals surface area contributed by atoms with Crippen LogP contribution in [0.2, 0.25) is 0 Å². The Morgan fingerprint density at radius 3 is 2.71 bits per heavy atom. The summed E-state index contributed by atoms with van der Waals surface area (Å²) in [7, 11) is 0. The molecular formula is C24H31FN4O2. The number of hydrogen-bond donors (Lipinski definition) is 1. The molecule has 1 aromatic carbocycles. The molecule has 7 heteroatoms. The van der Waals surface area contributed by atoms with Crippen LogP contribution in [0.3, 0.4) is 0 Å². The first-order chi connectivity index (χ1) is 14.9. The lowest BCUT2D eigenvalue weighted by Gasteiger charge is -2.22. The smallest absolute Gasteiger partial charge is 0.296 e. The number of halogens is 1. The average molecular weight is 427 g/mol. The van der Waals surface area contributed by atoms with Crippen molar-refractivity contribution in [2.75, 3.05) is 0 Å². The summed E-state index contributed by atoms with van der Waals surface area (Å²) in [5, 5.41) is 9.46. The molecule has 1 aliphatic carbocycles. The lowest BCUT2D eigenvalue weighted by Crippen LogP contribution is -2.30. The molecule has 2 N–H and O–H groups in total. The monoisotopic (exact) mass is 426 g/mol. The van der Waals surface area contributed by atoms with Crippen LogP contribution >= 0.6 is 0 Å². The number of hydrogen-bond acceptors (Lipinski definition) is 5. The molecule has 1 aromatic heterocycles. The minimum absolute atomic E-state index is 0.0765. The molecular weight excluding hydrogens is 395 g/mol. The SMILES string of the molecule is CC(C)Oc1cnc(C2CCCC[C@@H](N)CCC2)n(Cc2cc(F)ccc2C#N)c1=O. The highest BCUT2D eigenvalue weighted by Gasteiger charge is 2.23. The molecule has 6 nitrogen and oxygen atoms in total. The van der Waals surface area contributed by atoms with Crippen LogP contribution in [0.15, 0.2) is 29.2 Å². The molecule has 31 heavy (non-hydrogen) atoms. The number of nitrogens with zero attached hydrogens (tertiary/aromatic N) is 3. The molecule has 0 radical (unpaired) electrons. The van der Waals surface area contributed by atoms with Crippen molar-refractivity contribution in [2.45, 2.75) is 83.4 Å². The average Bonchev–Trinajstić information content (AvgIpc) is 2.83. The number of benzene rings is 1. The number of nitriles is 1. The van der Waals surface area contributed by atoms with Crippen molar-refractivity contribution < 1.29 is 9.13 Å². The second-order valence-electron chi connectivity index (χ2n) is 8.62. The summed E-state index contributed by atoms with van der Waals surface area (Å²) >= 11 is 0. The van der Waals surface area contributed by atoms with E-state index >= 15 is 0 Å². The van der Waals surface area contributed by atoms with Crippen LogP contribution in [0.25, 0.3) is 0 Å². The van der Waals surface area contributed by atoms with Crippen molar-refractivity contribution in [3.63, 3.8) is 0 Å². The Morgan fingerprint density at radius 1 is 1.26 bits per heavy atom. The van der Waals surface area contributed by atoms with E-state index in [1.54, 1.807) is 4.57 Å². The van der Waals surface area contributed by atoms with Gasteiger partial charge in [0.15, 0.2) is 0 Å². The van der Waals surface area contributed by atoms with Gasteiger partial charge in [0.25, 0.3) is 5.56 Å². The van der Waals surface area contributed by atoms with E-state index in [9.17, 15) is 14.4 Å². The summed E-state index contributed by atoms with van der Waals surface area (Å²) in [6.45, 7) is 3.77. The molecule has 2 atom stereocenters. The Morgan fingerprint density at radius 2 is 1.97 bits per heavy atom. The summed E-state index contributed by atoms with van der Waals surface area (Å²) < 4.78 is 21.2. The third-order valence-electron chi connectivity index (χ3n) is 5.80. The van der Waals surface area contributed by atoms with Gasteiger partial charge in [-0.1, -0.05) is 19.3 Å². The molecule has 1 fully saturated rings. The molecule has 166 valence electrons. The minimum atomic E-state index is -0.442. The lowest BCUT2D eigenvalue weighted by molar-refractivity contribution is 0.235. The molecule has 2 aromatic rings. The van der Waals surface area contributed by atoms with E-state index in [2.05, 4.69) is 11.1 Å². The molecule has 1 saturated carbocycles. The fraction of sp³-hybridized carbons (Fsp3) is 0.542. The van der Waals surface area contributed by atoms with Crippen LogP contribution in [-0.2, 0) is 6.54 Å². The lowest BCUT2D eigenvalue weighted by atomic mass is 9.95. The Kier molecular flexibility index (Phi) is 7.80. The highest BCUT2D eigenvalue weighted by molar-refractivity contribution is 5.38. The molecule has 0 aliphatic heterocycles. The Bertz CT molecular complexity index is 996. The maximum atomic E-state index is 13.9. The van der Waals surface area contributed by atoms with Gasteiger partial charge < -0.3 is 10.5 Å². The van der Waals surface area contributed by atoms with Gasteiger partial charge in [0.1, 0.15) is 11.6 Å². The maximum Gasteiger partial charge on any atom is 0.296 e. The summed E-state index contributed by atoms with van der Waals surface area (Å²) in [4.78, 5) is 18.0. The molecule has 0 spiro atoms. The number of nitrogens with two attached hydrogens (primary N) is 1. The van der Waals surface area contributed by atoms with Gasteiger partial charge in [0.05, 0.1) is 30.5 Å². The normalized spacial score (nSPS) is 19.9. The van der Waals surface area contributed by atoms with E-state index in [-0.39, 0.29) is 35.9 Å². The van der Waals surface area contributed by atoms with Crippen molar-refractivity contribution in [1.82, 2.24) is 9.55 Å². The van der Waals surface area contributed by atoms with Gasteiger partial charge in [0.2, 0.25) is 5.75 Å². The zero-order valence-electron chi connectivity index (χ0n) is 18.3.